The Bertz CT molecular complexity index is 919. The van der Waals surface area contributed by atoms with Crippen LogP contribution in [0.1, 0.15) is 19.4 Å². The number of nitrogens with zero attached hydrogens (tertiary/aromatic N) is 1. The summed E-state index contributed by atoms with van der Waals surface area (Å²) in [6.45, 7) is 4.71. The number of anilines is 1. The molecular formula is C21H23NO3. The van der Waals surface area contributed by atoms with Gasteiger partial charge in [0.2, 0.25) is 0 Å². The third kappa shape index (κ3) is 2.78. The maximum absolute atomic E-state index is 12.4. The molecule has 130 valence electrons. The summed E-state index contributed by atoms with van der Waals surface area (Å²) >= 11 is 0. The zero-order valence-electron chi connectivity index (χ0n) is 15.3. The van der Waals surface area contributed by atoms with E-state index in [1.807, 2.05) is 57.3 Å². The van der Waals surface area contributed by atoms with Gasteiger partial charge in [-0.05, 0) is 35.4 Å². The Morgan fingerprint density at radius 2 is 1.44 bits per heavy atom. The Morgan fingerprint density at radius 1 is 0.880 bits per heavy atom. The molecule has 0 saturated carbocycles. The highest BCUT2D eigenvalue weighted by Crippen LogP contribution is 2.45. The van der Waals surface area contributed by atoms with Gasteiger partial charge in [-0.3, -0.25) is 4.79 Å². The van der Waals surface area contributed by atoms with Crippen molar-refractivity contribution in [3.05, 3.63) is 52.2 Å². The average molecular weight is 337 g/mol. The molecule has 4 heteroatoms. The minimum Gasteiger partial charge on any atom is -0.497 e. The Kier molecular flexibility index (Phi) is 4.53. The molecule has 0 unspecified atom stereocenters. The van der Waals surface area contributed by atoms with Crippen molar-refractivity contribution in [2.24, 2.45) is 0 Å². The monoisotopic (exact) mass is 337 g/mol. The fraction of sp³-hybridized carbons (Fsp3) is 0.286. The lowest BCUT2D eigenvalue weighted by molar-refractivity contribution is 0.414. The number of fused-ring (bicyclic) bond motifs is 5. The number of hydrogen-bond donors (Lipinski definition) is 0. The SMILES string of the molecule is CC.COc1ccc2c(c1)CN(C)c1cc(OC)ccc1-c1c-2c1=O. The lowest BCUT2D eigenvalue weighted by Crippen LogP contribution is -2.18. The highest BCUT2D eigenvalue weighted by Gasteiger charge is 2.32. The zero-order chi connectivity index (χ0) is 18.1. The minimum atomic E-state index is 0.137. The van der Waals surface area contributed by atoms with Gasteiger partial charge in [0.1, 0.15) is 11.5 Å². The fourth-order valence-electron chi connectivity index (χ4n) is 3.26. The quantitative estimate of drug-likeness (QED) is 0.701. The summed E-state index contributed by atoms with van der Waals surface area (Å²) in [6.07, 6.45) is 0. The predicted octanol–water partition coefficient (Wildman–Crippen LogP) is 4.25. The molecule has 0 atom stereocenters. The van der Waals surface area contributed by atoms with Gasteiger partial charge >= 0.3 is 0 Å². The van der Waals surface area contributed by atoms with Gasteiger partial charge in [0, 0.05) is 42.0 Å². The predicted molar refractivity (Wildman–Crippen MR) is 103 cm³/mol. The second-order valence-corrected chi connectivity index (χ2v) is 5.84. The molecule has 0 fully saturated rings. The third-order valence-electron chi connectivity index (χ3n) is 4.52. The van der Waals surface area contributed by atoms with E-state index in [-0.39, 0.29) is 5.43 Å². The van der Waals surface area contributed by atoms with E-state index in [4.69, 9.17) is 9.47 Å². The van der Waals surface area contributed by atoms with Crippen molar-refractivity contribution in [1.82, 2.24) is 0 Å². The topological polar surface area (TPSA) is 38.8 Å². The Labute approximate surface area is 148 Å². The molecule has 4 rings (SSSR count). The van der Waals surface area contributed by atoms with Crippen LogP contribution < -0.4 is 19.8 Å². The molecule has 0 spiro atoms. The summed E-state index contributed by atoms with van der Waals surface area (Å²) in [5, 5.41) is 0. The molecule has 0 aromatic heterocycles. The van der Waals surface area contributed by atoms with E-state index in [0.29, 0.717) is 6.54 Å². The van der Waals surface area contributed by atoms with Gasteiger partial charge in [-0.2, -0.15) is 0 Å². The molecular weight excluding hydrogens is 314 g/mol. The molecule has 25 heavy (non-hydrogen) atoms. The van der Waals surface area contributed by atoms with E-state index in [1.165, 1.54) is 0 Å². The highest BCUT2D eigenvalue weighted by molar-refractivity contribution is 6.00. The normalized spacial score (nSPS) is 12.1. The van der Waals surface area contributed by atoms with Crippen LogP contribution in [0.15, 0.2) is 41.2 Å². The number of hydrogen-bond acceptors (Lipinski definition) is 4. The van der Waals surface area contributed by atoms with Crippen molar-refractivity contribution in [1.29, 1.82) is 0 Å². The minimum absolute atomic E-state index is 0.137. The van der Waals surface area contributed by atoms with E-state index >= 15 is 0 Å². The van der Waals surface area contributed by atoms with Crippen LogP contribution in [0.3, 0.4) is 0 Å². The number of ether oxygens (including phenoxy) is 2. The van der Waals surface area contributed by atoms with Crippen LogP contribution in [-0.4, -0.2) is 21.3 Å². The van der Waals surface area contributed by atoms with Gasteiger partial charge < -0.3 is 14.4 Å². The van der Waals surface area contributed by atoms with Crippen LogP contribution in [0, 0.1) is 0 Å². The Morgan fingerprint density at radius 3 is 2.08 bits per heavy atom. The Balaban J connectivity index is 0.000000880. The standard InChI is InChI=1S/C19H17NO3.C2H6/c1-20-10-11-8-12(22-2)4-6-14(11)17-18(19(17)21)15-7-5-13(23-3)9-16(15)20;1-2/h4-9H,10H2,1-3H3;1-2H3. The van der Waals surface area contributed by atoms with Crippen LogP contribution in [0.2, 0.25) is 0 Å². The number of methoxy groups -OCH3 is 2. The average Bonchev–Trinajstić information content (AvgIpc) is 3.31. The zero-order valence-corrected chi connectivity index (χ0v) is 15.3. The summed E-state index contributed by atoms with van der Waals surface area (Å²) in [5.74, 6) is 1.59. The molecule has 4 nitrogen and oxygen atoms in total. The summed E-state index contributed by atoms with van der Waals surface area (Å²) in [4.78, 5) is 14.6. The van der Waals surface area contributed by atoms with E-state index < -0.39 is 0 Å². The maximum Gasteiger partial charge on any atom is 0.195 e. The van der Waals surface area contributed by atoms with Crippen LogP contribution in [0.5, 0.6) is 11.5 Å². The largest absolute Gasteiger partial charge is 0.497 e. The van der Waals surface area contributed by atoms with Gasteiger partial charge in [-0.15, -0.1) is 0 Å². The maximum atomic E-state index is 12.4. The lowest BCUT2D eigenvalue weighted by Gasteiger charge is -2.25. The Hall–Kier alpha value is -2.75. The molecule has 1 aliphatic heterocycles. The van der Waals surface area contributed by atoms with E-state index in [0.717, 1.165) is 45.0 Å². The summed E-state index contributed by atoms with van der Waals surface area (Å²) in [7, 11) is 5.33. The molecule has 0 bridgehead atoms. The van der Waals surface area contributed by atoms with E-state index in [2.05, 4.69) is 4.90 Å². The van der Waals surface area contributed by atoms with Gasteiger partial charge in [0.15, 0.2) is 5.43 Å². The molecule has 1 heterocycles. The molecule has 0 saturated heterocycles. The van der Waals surface area contributed by atoms with Gasteiger partial charge in [-0.25, -0.2) is 0 Å². The van der Waals surface area contributed by atoms with Crippen LogP contribution in [-0.2, 0) is 6.54 Å². The molecule has 1 aliphatic rings. The molecule has 0 amide bonds. The van der Waals surface area contributed by atoms with Crippen molar-refractivity contribution in [3.63, 3.8) is 0 Å². The summed E-state index contributed by atoms with van der Waals surface area (Å²) < 4.78 is 10.7. The van der Waals surface area contributed by atoms with Crippen LogP contribution >= 0.6 is 0 Å². The van der Waals surface area contributed by atoms with Gasteiger partial charge in [0.25, 0.3) is 0 Å². The smallest absolute Gasteiger partial charge is 0.195 e. The van der Waals surface area contributed by atoms with E-state index in [1.54, 1.807) is 14.2 Å². The van der Waals surface area contributed by atoms with Crippen molar-refractivity contribution in [2.75, 3.05) is 26.2 Å². The first-order valence-electron chi connectivity index (χ1n) is 8.50. The first-order valence-corrected chi connectivity index (χ1v) is 8.50. The van der Waals surface area contributed by atoms with Gasteiger partial charge in [-0.1, -0.05) is 19.9 Å². The fourth-order valence-corrected chi connectivity index (χ4v) is 3.26. The first kappa shape index (κ1) is 17.1. The molecule has 0 aliphatic carbocycles. The van der Waals surface area contributed by atoms with Crippen LogP contribution in [0.4, 0.5) is 5.69 Å². The van der Waals surface area contributed by atoms with Crippen molar-refractivity contribution in [3.8, 4) is 33.8 Å². The van der Waals surface area contributed by atoms with Crippen molar-refractivity contribution < 1.29 is 9.47 Å². The highest BCUT2D eigenvalue weighted by atomic mass is 16.5. The third-order valence-corrected chi connectivity index (χ3v) is 4.52. The summed E-state index contributed by atoms with van der Waals surface area (Å²) in [5.41, 5.74) is 5.89. The van der Waals surface area contributed by atoms with E-state index in [9.17, 15) is 4.79 Å². The molecule has 0 N–H and O–H groups in total. The van der Waals surface area contributed by atoms with Gasteiger partial charge in [0.05, 0.1) is 14.2 Å². The number of rotatable bonds is 2. The van der Waals surface area contributed by atoms with Crippen LogP contribution in [0.25, 0.3) is 22.3 Å². The molecule has 3 aromatic carbocycles. The number of benzene rings is 2. The second-order valence-electron chi connectivity index (χ2n) is 5.84. The van der Waals surface area contributed by atoms with Crippen molar-refractivity contribution in [2.45, 2.75) is 20.4 Å². The lowest BCUT2D eigenvalue weighted by atomic mass is 9.99. The molecule has 0 radical (unpaired) electrons. The second kappa shape index (κ2) is 6.63. The van der Waals surface area contributed by atoms with Crippen molar-refractivity contribution >= 4 is 5.69 Å². The first-order chi connectivity index (χ1) is 12.1. The molecule has 3 aromatic rings. The summed E-state index contributed by atoms with van der Waals surface area (Å²) in [6, 6.07) is 11.8.